The summed E-state index contributed by atoms with van der Waals surface area (Å²) in [5.41, 5.74) is 7.38. The fourth-order valence-electron chi connectivity index (χ4n) is 3.87. The molecule has 2 N–H and O–H groups in total. The Labute approximate surface area is 173 Å². The van der Waals surface area contributed by atoms with Crippen molar-refractivity contribution in [3.05, 3.63) is 16.1 Å². The highest BCUT2D eigenvalue weighted by molar-refractivity contribution is 7.09. The first kappa shape index (κ1) is 23.6. The van der Waals surface area contributed by atoms with Crippen molar-refractivity contribution < 1.29 is 4.79 Å². The van der Waals surface area contributed by atoms with Gasteiger partial charge in [0.15, 0.2) is 0 Å². The molecule has 2 saturated heterocycles. The third-order valence-corrected chi connectivity index (χ3v) is 6.44. The summed E-state index contributed by atoms with van der Waals surface area (Å²) in [6.45, 7) is 10.9. The molecule has 150 valence electrons. The monoisotopic (exact) mass is 422 g/mol. The number of nitrogens with two attached hydrogens (primary N) is 1. The molecule has 0 aliphatic carbocycles. The fraction of sp³-hybridized carbons (Fsp3) is 0.778. The Morgan fingerprint density at radius 1 is 1.27 bits per heavy atom. The summed E-state index contributed by atoms with van der Waals surface area (Å²) in [7, 11) is 0. The number of amides is 1. The second-order valence-electron chi connectivity index (χ2n) is 8.05. The zero-order chi connectivity index (χ0) is 17.3. The molecule has 26 heavy (non-hydrogen) atoms. The van der Waals surface area contributed by atoms with Gasteiger partial charge in [0.25, 0.3) is 0 Å². The van der Waals surface area contributed by atoms with Crippen LogP contribution in [0.2, 0.25) is 0 Å². The Hall–Kier alpha value is -0.400. The molecule has 3 heterocycles. The Bertz CT molecular complexity index is 588. The number of carbonyl (C=O) groups is 1. The van der Waals surface area contributed by atoms with Crippen LogP contribution < -0.4 is 5.73 Å². The van der Waals surface area contributed by atoms with Gasteiger partial charge < -0.3 is 10.6 Å². The van der Waals surface area contributed by atoms with E-state index in [0.29, 0.717) is 5.91 Å². The minimum atomic E-state index is 0. The summed E-state index contributed by atoms with van der Waals surface area (Å²) in [5.74, 6) is 0.530. The predicted molar refractivity (Wildman–Crippen MR) is 112 cm³/mol. The van der Waals surface area contributed by atoms with Crippen LogP contribution in [-0.4, -0.2) is 52.9 Å². The zero-order valence-electron chi connectivity index (χ0n) is 15.9. The van der Waals surface area contributed by atoms with Crippen molar-refractivity contribution in [3.8, 4) is 0 Å². The second kappa shape index (κ2) is 9.69. The van der Waals surface area contributed by atoms with E-state index in [2.05, 4.69) is 34.0 Å². The number of aromatic nitrogens is 1. The fourth-order valence-corrected chi connectivity index (χ4v) is 4.47. The molecule has 8 heteroatoms. The van der Waals surface area contributed by atoms with E-state index < -0.39 is 0 Å². The normalized spacial score (nSPS) is 23.8. The molecule has 2 aliphatic heterocycles. The first-order chi connectivity index (χ1) is 11.3. The lowest BCUT2D eigenvalue weighted by molar-refractivity contribution is -0.140. The summed E-state index contributed by atoms with van der Waals surface area (Å²) in [5, 5.41) is 3.27. The van der Waals surface area contributed by atoms with Crippen molar-refractivity contribution in [1.29, 1.82) is 0 Å². The molecule has 2 fully saturated rings. The van der Waals surface area contributed by atoms with Crippen molar-refractivity contribution >= 4 is 42.1 Å². The van der Waals surface area contributed by atoms with Crippen LogP contribution in [0.25, 0.3) is 0 Å². The molecule has 0 radical (unpaired) electrons. The number of likely N-dealkylation sites (tertiary alicyclic amines) is 2. The number of halogens is 2. The van der Waals surface area contributed by atoms with Gasteiger partial charge in [0, 0.05) is 37.0 Å². The highest BCUT2D eigenvalue weighted by Gasteiger charge is 2.37. The smallest absolute Gasteiger partial charge is 0.225 e. The van der Waals surface area contributed by atoms with E-state index in [4.69, 9.17) is 5.73 Å². The van der Waals surface area contributed by atoms with Crippen LogP contribution in [0.15, 0.2) is 5.38 Å². The first-order valence-electron chi connectivity index (χ1n) is 9.03. The highest BCUT2D eigenvalue weighted by Crippen LogP contribution is 2.30. The van der Waals surface area contributed by atoms with Crippen molar-refractivity contribution in [2.45, 2.75) is 52.6 Å². The molecule has 0 spiro atoms. The lowest BCUT2D eigenvalue weighted by atomic mass is 9.79. The SMILES string of the molecule is Cc1nc(CN2CCC(C(=O)N3CCC(N)C(C)(C)C3)CC2)cs1.Cl.Cl. The van der Waals surface area contributed by atoms with Gasteiger partial charge in [-0.3, -0.25) is 9.69 Å². The third-order valence-electron chi connectivity index (χ3n) is 5.61. The van der Waals surface area contributed by atoms with Gasteiger partial charge in [-0.1, -0.05) is 13.8 Å². The molecule has 3 rings (SSSR count). The van der Waals surface area contributed by atoms with E-state index in [1.54, 1.807) is 11.3 Å². The summed E-state index contributed by atoms with van der Waals surface area (Å²) in [6, 6.07) is 0.199. The maximum atomic E-state index is 12.9. The quantitative estimate of drug-likeness (QED) is 0.812. The summed E-state index contributed by atoms with van der Waals surface area (Å²) in [6.07, 6.45) is 2.84. The van der Waals surface area contributed by atoms with Crippen LogP contribution in [0.3, 0.4) is 0 Å². The van der Waals surface area contributed by atoms with Gasteiger partial charge >= 0.3 is 0 Å². The summed E-state index contributed by atoms with van der Waals surface area (Å²) in [4.78, 5) is 21.9. The van der Waals surface area contributed by atoms with Gasteiger partial charge in [0.2, 0.25) is 5.91 Å². The van der Waals surface area contributed by atoms with Crippen LogP contribution in [0.4, 0.5) is 0 Å². The zero-order valence-corrected chi connectivity index (χ0v) is 18.4. The predicted octanol–water partition coefficient (Wildman–Crippen LogP) is 3.09. The average molecular weight is 423 g/mol. The molecule has 0 saturated carbocycles. The molecule has 0 bridgehead atoms. The Balaban J connectivity index is 0.00000169. The van der Waals surface area contributed by atoms with Crippen molar-refractivity contribution in [1.82, 2.24) is 14.8 Å². The van der Waals surface area contributed by atoms with Crippen molar-refractivity contribution in [2.24, 2.45) is 17.1 Å². The number of thiazole rings is 1. The van der Waals surface area contributed by atoms with Gasteiger partial charge in [-0.05, 0) is 44.7 Å². The van der Waals surface area contributed by atoms with Gasteiger partial charge in [0.05, 0.1) is 10.7 Å². The summed E-state index contributed by atoms with van der Waals surface area (Å²) < 4.78 is 0. The van der Waals surface area contributed by atoms with Crippen LogP contribution in [0.1, 0.15) is 43.8 Å². The number of piperidine rings is 2. The Morgan fingerprint density at radius 2 is 1.92 bits per heavy atom. The molecule has 1 atom stereocenters. The van der Waals surface area contributed by atoms with Crippen LogP contribution in [0, 0.1) is 18.3 Å². The molecule has 1 amide bonds. The summed E-state index contributed by atoms with van der Waals surface area (Å²) >= 11 is 1.71. The minimum Gasteiger partial charge on any atom is -0.342 e. The number of carbonyl (C=O) groups excluding carboxylic acids is 1. The van der Waals surface area contributed by atoms with E-state index >= 15 is 0 Å². The Morgan fingerprint density at radius 3 is 2.46 bits per heavy atom. The molecule has 1 unspecified atom stereocenters. The average Bonchev–Trinajstić information content (AvgIpc) is 2.95. The third kappa shape index (κ3) is 5.55. The van der Waals surface area contributed by atoms with Crippen LogP contribution >= 0.6 is 36.2 Å². The number of rotatable bonds is 3. The van der Waals surface area contributed by atoms with Gasteiger partial charge in [-0.25, -0.2) is 4.98 Å². The van der Waals surface area contributed by atoms with Crippen LogP contribution in [0.5, 0.6) is 0 Å². The molecule has 5 nitrogen and oxygen atoms in total. The lowest BCUT2D eigenvalue weighted by Crippen LogP contribution is -2.55. The second-order valence-corrected chi connectivity index (χ2v) is 9.11. The first-order valence-corrected chi connectivity index (χ1v) is 9.91. The van der Waals surface area contributed by atoms with Gasteiger partial charge in [-0.2, -0.15) is 0 Å². The van der Waals surface area contributed by atoms with E-state index in [0.717, 1.165) is 62.7 Å². The van der Waals surface area contributed by atoms with Gasteiger partial charge in [0.1, 0.15) is 0 Å². The van der Waals surface area contributed by atoms with Gasteiger partial charge in [-0.15, -0.1) is 36.2 Å². The number of aryl methyl sites for hydroxylation is 1. The lowest BCUT2D eigenvalue weighted by Gasteiger charge is -2.44. The molecular weight excluding hydrogens is 391 g/mol. The van der Waals surface area contributed by atoms with E-state index in [1.165, 1.54) is 0 Å². The number of hydrogen-bond donors (Lipinski definition) is 1. The Kier molecular flexibility index (Phi) is 8.81. The molecule has 2 aliphatic rings. The highest BCUT2D eigenvalue weighted by atomic mass is 35.5. The standard InChI is InChI=1S/C18H30N4OS.2ClH/c1-13-20-15(11-24-13)10-21-7-4-14(5-8-21)17(23)22-9-6-16(19)18(2,3)12-22;;/h11,14,16H,4-10,12,19H2,1-3H3;2*1H. The largest absolute Gasteiger partial charge is 0.342 e. The maximum absolute atomic E-state index is 12.9. The topological polar surface area (TPSA) is 62.5 Å². The molecule has 1 aromatic rings. The van der Waals surface area contributed by atoms with Crippen molar-refractivity contribution in [3.63, 3.8) is 0 Å². The number of nitrogens with zero attached hydrogens (tertiary/aromatic N) is 3. The van der Waals surface area contributed by atoms with Crippen LogP contribution in [-0.2, 0) is 11.3 Å². The van der Waals surface area contributed by atoms with E-state index in [1.807, 2.05) is 6.92 Å². The molecular formula is C18H32Cl2N4OS. The van der Waals surface area contributed by atoms with E-state index in [-0.39, 0.29) is 42.2 Å². The molecule has 0 aromatic carbocycles. The van der Waals surface area contributed by atoms with Crippen molar-refractivity contribution in [2.75, 3.05) is 26.2 Å². The maximum Gasteiger partial charge on any atom is 0.225 e. The molecule has 1 aromatic heterocycles. The number of hydrogen-bond acceptors (Lipinski definition) is 5. The minimum absolute atomic E-state index is 0. The van der Waals surface area contributed by atoms with E-state index in [9.17, 15) is 4.79 Å².